The van der Waals surface area contributed by atoms with Crippen molar-refractivity contribution in [1.82, 2.24) is 10.3 Å². The second-order valence-electron chi connectivity index (χ2n) is 5.05. The molecule has 1 N–H and O–H groups in total. The molecule has 2 aromatic rings. The second kappa shape index (κ2) is 6.73. The summed E-state index contributed by atoms with van der Waals surface area (Å²) < 4.78 is 5.84. The minimum Gasteiger partial charge on any atom is -0.456 e. The lowest BCUT2D eigenvalue weighted by atomic mass is 10.2. The molecule has 0 aliphatic rings. The summed E-state index contributed by atoms with van der Waals surface area (Å²) >= 11 is 6.14. The van der Waals surface area contributed by atoms with E-state index in [1.54, 1.807) is 6.20 Å². The molecule has 0 saturated carbocycles. The van der Waals surface area contributed by atoms with Gasteiger partial charge >= 0.3 is 0 Å². The van der Waals surface area contributed by atoms with Gasteiger partial charge in [0.05, 0.1) is 10.7 Å². The Hall–Kier alpha value is -1.58. The third kappa shape index (κ3) is 4.22. The largest absolute Gasteiger partial charge is 0.456 e. The number of ether oxygens (including phenoxy) is 1. The Kier molecular flexibility index (Phi) is 4.99. The Morgan fingerprint density at radius 1 is 1.25 bits per heavy atom. The Morgan fingerprint density at radius 2 is 2.05 bits per heavy atom. The van der Waals surface area contributed by atoms with Crippen LogP contribution >= 0.6 is 11.6 Å². The van der Waals surface area contributed by atoms with Crippen LogP contribution in [-0.2, 0) is 6.54 Å². The average molecular weight is 291 g/mol. The third-order valence-corrected chi connectivity index (χ3v) is 3.11. The molecular formula is C16H19ClN2O. The summed E-state index contributed by atoms with van der Waals surface area (Å²) in [6.45, 7) is 6.93. The van der Waals surface area contributed by atoms with Gasteiger partial charge in [-0.2, -0.15) is 0 Å². The predicted octanol–water partition coefficient (Wildman–Crippen LogP) is 4.33. The molecule has 0 atom stereocenters. The molecule has 0 radical (unpaired) electrons. The molecule has 0 amide bonds. The van der Waals surface area contributed by atoms with Gasteiger partial charge in [0, 0.05) is 24.8 Å². The Bertz CT molecular complexity index is 584. The quantitative estimate of drug-likeness (QED) is 0.890. The van der Waals surface area contributed by atoms with Gasteiger partial charge in [-0.05, 0) is 30.7 Å². The van der Waals surface area contributed by atoms with Crippen molar-refractivity contribution in [2.75, 3.05) is 0 Å². The number of benzene rings is 1. The fourth-order valence-corrected chi connectivity index (χ4v) is 1.90. The number of aromatic nitrogens is 1. The zero-order valence-corrected chi connectivity index (χ0v) is 12.7. The number of rotatable bonds is 5. The lowest BCUT2D eigenvalue weighted by Gasteiger charge is -2.11. The van der Waals surface area contributed by atoms with Gasteiger partial charge in [-0.15, -0.1) is 0 Å². The van der Waals surface area contributed by atoms with Crippen LogP contribution in [0.5, 0.6) is 11.5 Å². The summed E-state index contributed by atoms with van der Waals surface area (Å²) in [5.41, 5.74) is 2.06. The summed E-state index contributed by atoms with van der Waals surface area (Å²) in [6, 6.07) is 9.90. The van der Waals surface area contributed by atoms with E-state index < -0.39 is 0 Å². The second-order valence-corrected chi connectivity index (χ2v) is 5.46. The normalized spacial score (nSPS) is 10.8. The van der Waals surface area contributed by atoms with E-state index in [2.05, 4.69) is 24.1 Å². The average Bonchev–Trinajstić information content (AvgIpc) is 2.41. The number of pyridine rings is 1. The number of nitrogens with zero attached hydrogens (tertiary/aromatic N) is 1. The predicted molar refractivity (Wildman–Crippen MR) is 82.5 cm³/mol. The van der Waals surface area contributed by atoms with E-state index >= 15 is 0 Å². The summed E-state index contributed by atoms with van der Waals surface area (Å²) in [5.74, 6) is 1.41. The molecule has 0 aliphatic heterocycles. The molecule has 0 spiro atoms. The SMILES string of the molecule is Cc1ccc(Cl)c(Oc2ccnc(CNC(C)C)c2)c1. The molecule has 1 heterocycles. The van der Waals surface area contributed by atoms with Gasteiger partial charge in [0.25, 0.3) is 0 Å². The van der Waals surface area contributed by atoms with Gasteiger partial charge in [0.2, 0.25) is 0 Å². The van der Waals surface area contributed by atoms with Gasteiger partial charge in [-0.25, -0.2) is 0 Å². The van der Waals surface area contributed by atoms with Crippen LogP contribution in [0.25, 0.3) is 0 Å². The molecule has 0 unspecified atom stereocenters. The molecule has 2 rings (SSSR count). The van der Waals surface area contributed by atoms with Crippen LogP contribution in [0.2, 0.25) is 5.02 Å². The van der Waals surface area contributed by atoms with E-state index in [1.807, 2.05) is 37.3 Å². The summed E-state index contributed by atoms with van der Waals surface area (Å²) in [7, 11) is 0. The molecule has 4 heteroatoms. The minimum atomic E-state index is 0.424. The van der Waals surface area contributed by atoms with Crippen molar-refractivity contribution in [2.24, 2.45) is 0 Å². The van der Waals surface area contributed by atoms with Gasteiger partial charge < -0.3 is 10.1 Å². The molecule has 0 bridgehead atoms. The number of nitrogens with one attached hydrogen (secondary N) is 1. The monoisotopic (exact) mass is 290 g/mol. The van der Waals surface area contributed by atoms with Gasteiger partial charge in [-0.3, -0.25) is 4.98 Å². The maximum atomic E-state index is 6.14. The zero-order valence-electron chi connectivity index (χ0n) is 12.0. The van der Waals surface area contributed by atoms with E-state index in [4.69, 9.17) is 16.3 Å². The highest BCUT2D eigenvalue weighted by atomic mass is 35.5. The number of hydrogen-bond acceptors (Lipinski definition) is 3. The zero-order chi connectivity index (χ0) is 14.5. The number of aryl methyl sites for hydroxylation is 1. The maximum absolute atomic E-state index is 6.14. The maximum Gasteiger partial charge on any atom is 0.146 e. The topological polar surface area (TPSA) is 34.1 Å². The highest BCUT2D eigenvalue weighted by Gasteiger charge is 2.05. The van der Waals surface area contributed by atoms with Crippen LogP contribution in [0.1, 0.15) is 25.1 Å². The first-order valence-corrected chi connectivity index (χ1v) is 7.04. The van der Waals surface area contributed by atoms with Gasteiger partial charge in [-0.1, -0.05) is 31.5 Å². The van der Waals surface area contributed by atoms with Crippen LogP contribution < -0.4 is 10.1 Å². The van der Waals surface area contributed by atoms with Crippen molar-refractivity contribution < 1.29 is 4.74 Å². The highest BCUT2D eigenvalue weighted by molar-refractivity contribution is 6.32. The highest BCUT2D eigenvalue weighted by Crippen LogP contribution is 2.30. The fraction of sp³-hybridized carbons (Fsp3) is 0.312. The lowest BCUT2D eigenvalue weighted by Crippen LogP contribution is -2.22. The van der Waals surface area contributed by atoms with Crippen molar-refractivity contribution in [2.45, 2.75) is 33.4 Å². The lowest BCUT2D eigenvalue weighted by molar-refractivity contribution is 0.479. The van der Waals surface area contributed by atoms with Crippen LogP contribution in [0, 0.1) is 6.92 Å². The Balaban J connectivity index is 2.13. The summed E-state index contributed by atoms with van der Waals surface area (Å²) in [5, 5.41) is 3.94. The number of halogens is 1. The smallest absolute Gasteiger partial charge is 0.146 e. The fourth-order valence-electron chi connectivity index (χ4n) is 1.74. The van der Waals surface area contributed by atoms with Crippen LogP contribution in [0.15, 0.2) is 36.5 Å². The summed E-state index contributed by atoms with van der Waals surface area (Å²) in [4.78, 5) is 4.32. The standard InChI is InChI=1S/C16H19ClN2O/c1-11(2)19-10-13-9-14(6-7-18-13)20-16-8-12(3)4-5-15(16)17/h4-9,11,19H,10H2,1-3H3. The number of hydrogen-bond donors (Lipinski definition) is 1. The van der Waals surface area contributed by atoms with E-state index in [0.29, 0.717) is 16.8 Å². The van der Waals surface area contributed by atoms with Crippen molar-refractivity contribution in [1.29, 1.82) is 0 Å². The molecule has 0 fully saturated rings. The Morgan fingerprint density at radius 3 is 2.80 bits per heavy atom. The molecule has 0 aliphatic carbocycles. The third-order valence-electron chi connectivity index (χ3n) is 2.79. The van der Waals surface area contributed by atoms with Crippen LogP contribution in [0.4, 0.5) is 0 Å². The van der Waals surface area contributed by atoms with Crippen molar-refractivity contribution in [3.8, 4) is 11.5 Å². The molecular weight excluding hydrogens is 272 g/mol. The molecule has 3 nitrogen and oxygen atoms in total. The molecule has 1 aromatic carbocycles. The van der Waals surface area contributed by atoms with Gasteiger partial charge in [0.1, 0.15) is 11.5 Å². The van der Waals surface area contributed by atoms with Crippen molar-refractivity contribution in [3.63, 3.8) is 0 Å². The van der Waals surface area contributed by atoms with E-state index in [9.17, 15) is 0 Å². The minimum absolute atomic E-state index is 0.424. The molecule has 0 saturated heterocycles. The first-order chi connectivity index (χ1) is 9.54. The van der Waals surface area contributed by atoms with E-state index in [0.717, 1.165) is 23.6 Å². The molecule has 106 valence electrons. The van der Waals surface area contributed by atoms with E-state index in [-0.39, 0.29) is 0 Å². The first-order valence-electron chi connectivity index (χ1n) is 6.67. The van der Waals surface area contributed by atoms with Crippen molar-refractivity contribution in [3.05, 3.63) is 52.8 Å². The van der Waals surface area contributed by atoms with E-state index in [1.165, 1.54) is 0 Å². The Labute approximate surface area is 124 Å². The van der Waals surface area contributed by atoms with Crippen LogP contribution in [0.3, 0.4) is 0 Å². The van der Waals surface area contributed by atoms with Gasteiger partial charge in [0.15, 0.2) is 0 Å². The summed E-state index contributed by atoms with van der Waals surface area (Å²) in [6.07, 6.45) is 1.75. The van der Waals surface area contributed by atoms with Crippen LogP contribution in [-0.4, -0.2) is 11.0 Å². The van der Waals surface area contributed by atoms with Crippen molar-refractivity contribution >= 4 is 11.6 Å². The first kappa shape index (κ1) is 14.8. The molecule has 1 aromatic heterocycles. The molecule has 20 heavy (non-hydrogen) atoms.